The zero-order valence-electron chi connectivity index (χ0n) is 12.1. The van der Waals surface area contributed by atoms with Crippen LogP contribution in [-0.4, -0.2) is 36.1 Å². The van der Waals surface area contributed by atoms with E-state index in [0.717, 1.165) is 38.5 Å². The van der Waals surface area contributed by atoms with E-state index in [4.69, 9.17) is 5.84 Å². The number of pyridine rings is 1. The molecule has 0 atom stereocenters. The lowest BCUT2D eigenvalue weighted by molar-refractivity contribution is 0.250. The maximum Gasteiger partial charge on any atom is 0.140 e. The summed E-state index contributed by atoms with van der Waals surface area (Å²) < 4.78 is 0. The number of nitrogen functional groups attached to an aromatic ring is 1. The largest absolute Gasteiger partial charge is 0.369 e. The van der Waals surface area contributed by atoms with E-state index >= 15 is 0 Å². The summed E-state index contributed by atoms with van der Waals surface area (Å²) in [6.45, 7) is 5.22. The summed E-state index contributed by atoms with van der Waals surface area (Å²) in [6.07, 6.45) is 1.80. The second kappa shape index (κ2) is 6.56. The molecule has 2 heterocycles. The summed E-state index contributed by atoms with van der Waals surface area (Å²) in [4.78, 5) is 9.05. The van der Waals surface area contributed by atoms with Crippen LogP contribution in [0.4, 0.5) is 11.5 Å². The highest BCUT2D eigenvalue weighted by Gasteiger charge is 2.17. The molecule has 21 heavy (non-hydrogen) atoms. The van der Waals surface area contributed by atoms with Gasteiger partial charge in [-0.1, -0.05) is 18.2 Å². The van der Waals surface area contributed by atoms with Gasteiger partial charge in [0.05, 0.1) is 0 Å². The fraction of sp³-hybridized carbons (Fsp3) is 0.312. The predicted octanol–water partition coefficient (Wildman–Crippen LogP) is 1.69. The first kappa shape index (κ1) is 13.9. The van der Waals surface area contributed by atoms with Gasteiger partial charge < -0.3 is 10.3 Å². The number of hydrogen-bond acceptors (Lipinski definition) is 5. The lowest BCUT2D eigenvalue weighted by Crippen LogP contribution is -2.45. The van der Waals surface area contributed by atoms with Crippen LogP contribution in [0.1, 0.15) is 5.56 Å². The molecule has 0 saturated carbocycles. The van der Waals surface area contributed by atoms with Crippen LogP contribution in [0.3, 0.4) is 0 Å². The number of hydrogen-bond donors (Lipinski definition) is 2. The van der Waals surface area contributed by atoms with Gasteiger partial charge in [-0.3, -0.25) is 4.90 Å². The van der Waals surface area contributed by atoms with Crippen LogP contribution in [0, 0.1) is 0 Å². The van der Waals surface area contributed by atoms with E-state index < -0.39 is 0 Å². The van der Waals surface area contributed by atoms with Crippen molar-refractivity contribution in [2.24, 2.45) is 5.84 Å². The SMILES string of the molecule is NNc1cc(CN2CCN(c3ccccc3)CC2)ccn1. The van der Waals surface area contributed by atoms with Gasteiger partial charge in [0.2, 0.25) is 0 Å². The molecule has 0 aliphatic carbocycles. The number of nitrogens with zero attached hydrogens (tertiary/aromatic N) is 3. The van der Waals surface area contributed by atoms with Crippen molar-refractivity contribution in [3.63, 3.8) is 0 Å². The van der Waals surface area contributed by atoms with Crippen molar-refractivity contribution in [2.45, 2.75) is 6.54 Å². The van der Waals surface area contributed by atoms with Crippen molar-refractivity contribution in [3.8, 4) is 0 Å². The van der Waals surface area contributed by atoms with Gasteiger partial charge in [0.15, 0.2) is 0 Å². The third-order valence-corrected chi connectivity index (χ3v) is 3.87. The lowest BCUT2D eigenvalue weighted by atomic mass is 10.2. The van der Waals surface area contributed by atoms with Gasteiger partial charge in [0, 0.05) is 44.6 Å². The van der Waals surface area contributed by atoms with E-state index in [-0.39, 0.29) is 0 Å². The normalized spacial score (nSPS) is 16.0. The highest BCUT2D eigenvalue weighted by Crippen LogP contribution is 2.17. The summed E-state index contributed by atoms with van der Waals surface area (Å²) >= 11 is 0. The minimum atomic E-state index is 0.718. The molecule has 1 aliphatic rings. The van der Waals surface area contributed by atoms with Crippen LogP contribution in [0.5, 0.6) is 0 Å². The van der Waals surface area contributed by atoms with Gasteiger partial charge in [0.25, 0.3) is 0 Å². The van der Waals surface area contributed by atoms with E-state index in [9.17, 15) is 0 Å². The molecule has 5 heteroatoms. The average molecular weight is 283 g/mol. The van der Waals surface area contributed by atoms with Crippen LogP contribution >= 0.6 is 0 Å². The molecule has 0 amide bonds. The van der Waals surface area contributed by atoms with Gasteiger partial charge in [-0.2, -0.15) is 0 Å². The van der Waals surface area contributed by atoms with Crippen molar-refractivity contribution in [3.05, 3.63) is 54.2 Å². The van der Waals surface area contributed by atoms with E-state index in [1.165, 1.54) is 11.3 Å². The van der Waals surface area contributed by atoms with E-state index in [0.29, 0.717) is 0 Å². The molecular formula is C16H21N5. The van der Waals surface area contributed by atoms with E-state index in [2.05, 4.69) is 50.5 Å². The number of anilines is 2. The molecule has 3 rings (SSSR count). The highest BCUT2D eigenvalue weighted by molar-refractivity contribution is 5.46. The summed E-state index contributed by atoms with van der Waals surface area (Å²) in [5.74, 6) is 6.12. The Morgan fingerprint density at radius 2 is 1.81 bits per heavy atom. The molecule has 2 aromatic rings. The molecule has 1 aromatic heterocycles. The van der Waals surface area contributed by atoms with Crippen molar-refractivity contribution in [2.75, 3.05) is 36.5 Å². The first-order valence-corrected chi connectivity index (χ1v) is 7.29. The zero-order valence-corrected chi connectivity index (χ0v) is 12.1. The van der Waals surface area contributed by atoms with Crippen LogP contribution in [0.25, 0.3) is 0 Å². The summed E-state index contributed by atoms with van der Waals surface area (Å²) in [7, 11) is 0. The standard InChI is InChI=1S/C16H21N5/c17-19-16-12-14(6-7-18-16)13-20-8-10-21(11-9-20)15-4-2-1-3-5-15/h1-7,12H,8-11,13,17H2,(H,18,19). The molecule has 110 valence electrons. The molecule has 5 nitrogen and oxygen atoms in total. The number of piperazine rings is 1. The first-order valence-electron chi connectivity index (χ1n) is 7.29. The maximum absolute atomic E-state index is 5.40. The van der Waals surface area contributed by atoms with Crippen LogP contribution < -0.4 is 16.2 Å². The van der Waals surface area contributed by atoms with Crippen molar-refractivity contribution in [1.29, 1.82) is 0 Å². The summed E-state index contributed by atoms with van der Waals surface area (Å²) in [5.41, 5.74) is 5.15. The quantitative estimate of drug-likeness (QED) is 0.660. The zero-order chi connectivity index (χ0) is 14.5. The Kier molecular flexibility index (Phi) is 4.33. The fourth-order valence-corrected chi connectivity index (χ4v) is 2.71. The van der Waals surface area contributed by atoms with Crippen molar-refractivity contribution >= 4 is 11.5 Å². The molecular weight excluding hydrogens is 262 g/mol. The Bertz CT molecular complexity index is 564. The number of nitrogens with one attached hydrogen (secondary N) is 1. The molecule has 0 bridgehead atoms. The minimum Gasteiger partial charge on any atom is -0.369 e. The second-order valence-electron chi connectivity index (χ2n) is 5.29. The Hall–Kier alpha value is -2.11. The van der Waals surface area contributed by atoms with Crippen LogP contribution in [-0.2, 0) is 6.54 Å². The number of aromatic nitrogens is 1. The van der Waals surface area contributed by atoms with Crippen LogP contribution in [0.15, 0.2) is 48.7 Å². The molecule has 0 spiro atoms. The Labute approximate surface area is 125 Å². The number of hydrazine groups is 1. The smallest absolute Gasteiger partial charge is 0.140 e. The molecule has 0 unspecified atom stereocenters. The summed E-state index contributed by atoms with van der Waals surface area (Å²) in [5, 5.41) is 0. The second-order valence-corrected chi connectivity index (χ2v) is 5.29. The monoisotopic (exact) mass is 283 g/mol. The number of benzene rings is 1. The molecule has 0 radical (unpaired) electrons. The Balaban J connectivity index is 1.56. The topological polar surface area (TPSA) is 57.4 Å². The number of para-hydroxylation sites is 1. The number of nitrogens with two attached hydrogens (primary N) is 1. The Morgan fingerprint density at radius 1 is 1.05 bits per heavy atom. The van der Waals surface area contributed by atoms with Crippen LogP contribution in [0.2, 0.25) is 0 Å². The predicted molar refractivity (Wildman–Crippen MR) is 86.0 cm³/mol. The van der Waals surface area contributed by atoms with Gasteiger partial charge in [-0.05, 0) is 29.8 Å². The van der Waals surface area contributed by atoms with E-state index in [1.54, 1.807) is 6.20 Å². The number of rotatable bonds is 4. The van der Waals surface area contributed by atoms with Gasteiger partial charge in [0.1, 0.15) is 5.82 Å². The van der Waals surface area contributed by atoms with Crippen molar-refractivity contribution < 1.29 is 0 Å². The third kappa shape index (κ3) is 3.51. The molecule has 3 N–H and O–H groups in total. The first-order chi connectivity index (χ1) is 10.3. The molecule has 1 aromatic carbocycles. The lowest BCUT2D eigenvalue weighted by Gasteiger charge is -2.36. The van der Waals surface area contributed by atoms with Gasteiger partial charge in [-0.15, -0.1) is 0 Å². The molecule has 1 fully saturated rings. The van der Waals surface area contributed by atoms with Gasteiger partial charge >= 0.3 is 0 Å². The average Bonchev–Trinajstić information content (AvgIpc) is 2.56. The molecule has 1 aliphatic heterocycles. The fourth-order valence-electron chi connectivity index (χ4n) is 2.71. The van der Waals surface area contributed by atoms with Gasteiger partial charge in [-0.25, -0.2) is 10.8 Å². The summed E-state index contributed by atoms with van der Waals surface area (Å²) in [6, 6.07) is 14.7. The highest BCUT2D eigenvalue weighted by atomic mass is 15.3. The third-order valence-electron chi connectivity index (χ3n) is 3.87. The molecule has 1 saturated heterocycles. The maximum atomic E-state index is 5.40. The van der Waals surface area contributed by atoms with Crippen molar-refractivity contribution in [1.82, 2.24) is 9.88 Å². The minimum absolute atomic E-state index is 0.718. The van der Waals surface area contributed by atoms with E-state index in [1.807, 2.05) is 12.1 Å². The Morgan fingerprint density at radius 3 is 2.52 bits per heavy atom.